The summed E-state index contributed by atoms with van der Waals surface area (Å²) in [5, 5.41) is 3.12. The van der Waals surface area contributed by atoms with E-state index in [1.807, 2.05) is 31.3 Å². The van der Waals surface area contributed by atoms with E-state index in [1.165, 1.54) is 38.8 Å². The topological polar surface area (TPSA) is 24.5 Å². The van der Waals surface area contributed by atoms with Crippen molar-refractivity contribution in [3.8, 4) is 0 Å². The zero-order valence-corrected chi connectivity index (χ0v) is 15.2. The molecule has 1 aromatic rings. The first-order valence-corrected chi connectivity index (χ1v) is 9.03. The van der Waals surface area contributed by atoms with Crippen LogP contribution in [0.15, 0.2) is 30.8 Å². The van der Waals surface area contributed by atoms with Gasteiger partial charge < -0.3 is 15.0 Å². The second kappa shape index (κ2) is 12.0. The Morgan fingerprint density at radius 2 is 1.57 bits per heavy atom. The van der Waals surface area contributed by atoms with Gasteiger partial charge in [0.2, 0.25) is 0 Å². The third-order valence-electron chi connectivity index (χ3n) is 4.05. The van der Waals surface area contributed by atoms with Gasteiger partial charge in [0.15, 0.2) is 0 Å². The van der Waals surface area contributed by atoms with Gasteiger partial charge in [-0.15, -0.1) is 0 Å². The van der Waals surface area contributed by atoms with E-state index in [1.54, 1.807) is 0 Å². The minimum Gasteiger partial charge on any atom is -0.494 e. The van der Waals surface area contributed by atoms with Gasteiger partial charge >= 0.3 is 0 Å². The van der Waals surface area contributed by atoms with Crippen molar-refractivity contribution in [2.75, 3.05) is 38.6 Å². The molecule has 1 N–H and O–H groups in total. The fraction of sp³-hybridized carbons (Fsp3) is 0.600. The summed E-state index contributed by atoms with van der Waals surface area (Å²) in [5.74, 6) is 0.765. The lowest BCUT2D eigenvalue weighted by atomic mass is 10.2. The Kier molecular flexibility index (Phi) is 10.2. The molecule has 0 amide bonds. The van der Waals surface area contributed by atoms with E-state index >= 15 is 0 Å². The van der Waals surface area contributed by atoms with Crippen molar-refractivity contribution in [1.29, 1.82) is 0 Å². The highest BCUT2D eigenvalue weighted by Gasteiger charge is 2.05. The van der Waals surface area contributed by atoms with Crippen LogP contribution < -0.4 is 5.32 Å². The highest BCUT2D eigenvalue weighted by Crippen LogP contribution is 2.17. The molecule has 130 valence electrons. The van der Waals surface area contributed by atoms with Crippen LogP contribution in [0.4, 0.5) is 5.69 Å². The van der Waals surface area contributed by atoms with Crippen LogP contribution in [0.1, 0.15) is 51.5 Å². The maximum atomic E-state index is 5.82. The first-order chi connectivity index (χ1) is 11.2. The summed E-state index contributed by atoms with van der Waals surface area (Å²) in [5.41, 5.74) is 2.15. The summed E-state index contributed by atoms with van der Waals surface area (Å²) in [6, 6.07) is 8.17. The molecular formula is C20H34N2O. The van der Waals surface area contributed by atoms with Crippen molar-refractivity contribution in [2.24, 2.45) is 0 Å². The number of nitrogens with zero attached hydrogens (tertiary/aromatic N) is 1. The molecule has 0 aromatic heterocycles. The summed E-state index contributed by atoms with van der Waals surface area (Å²) in [7, 11) is 1.92. The zero-order valence-electron chi connectivity index (χ0n) is 15.2. The zero-order chi connectivity index (χ0) is 16.9. The Bertz CT molecular complexity index is 420. The van der Waals surface area contributed by atoms with Crippen molar-refractivity contribution in [3.05, 3.63) is 36.4 Å². The van der Waals surface area contributed by atoms with Crippen LogP contribution in [0.5, 0.6) is 0 Å². The molecule has 3 nitrogen and oxygen atoms in total. The highest BCUT2D eigenvalue weighted by atomic mass is 16.5. The van der Waals surface area contributed by atoms with E-state index in [-0.39, 0.29) is 0 Å². The van der Waals surface area contributed by atoms with Crippen LogP contribution in [-0.4, -0.2) is 38.2 Å². The van der Waals surface area contributed by atoms with E-state index in [0.717, 1.165) is 36.6 Å². The van der Waals surface area contributed by atoms with Gasteiger partial charge in [0.25, 0.3) is 0 Å². The van der Waals surface area contributed by atoms with Crippen LogP contribution in [0.2, 0.25) is 0 Å². The Labute approximate surface area is 142 Å². The average molecular weight is 319 g/mol. The van der Waals surface area contributed by atoms with Crippen LogP contribution in [-0.2, 0) is 4.74 Å². The van der Waals surface area contributed by atoms with E-state index in [0.29, 0.717) is 0 Å². The van der Waals surface area contributed by atoms with Crippen LogP contribution >= 0.6 is 0 Å². The van der Waals surface area contributed by atoms with E-state index in [9.17, 15) is 0 Å². The van der Waals surface area contributed by atoms with Gasteiger partial charge in [-0.1, -0.05) is 33.3 Å². The third-order valence-corrected chi connectivity index (χ3v) is 4.05. The molecule has 0 unspecified atom stereocenters. The van der Waals surface area contributed by atoms with Crippen LogP contribution in [0.3, 0.4) is 0 Å². The Morgan fingerprint density at radius 1 is 1.00 bits per heavy atom. The number of anilines is 1. The molecule has 0 bridgehead atoms. The molecular weight excluding hydrogens is 284 g/mol. The molecule has 0 aliphatic rings. The molecule has 0 atom stereocenters. The molecule has 0 radical (unpaired) electrons. The Balaban J connectivity index is 2.28. The number of benzene rings is 1. The normalized spacial score (nSPS) is 10.8. The summed E-state index contributed by atoms with van der Waals surface area (Å²) in [6.45, 7) is 12.8. The van der Waals surface area contributed by atoms with Crippen LogP contribution in [0, 0.1) is 0 Å². The monoisotopic (exact) mass is 318 g/mol. The predicted octanol–water partition coefficient (Wildman–Crippen LogP) is 5.01. The number of rotatable bonds is 13. The first-order valence-electron chi connectivity index (χ1n) is 9.03. The number of ether oxygens (including phenoxy) is 1. The fourth-order valence-electron chi connectivity index (χ4n) is 2.49. The Morgan fingerprint density at radius 3 is 2.09 bits per heavy atom. The summed E-state index contributed by atoms with van der Waals surface area (Å²) in [6.07, 6.45) is 6.16. The quantitative estimate of drug-likeness (QED) is 0.409. The van der Waals surface area contributed by atoms with Gasteiger partial charge in [0.1, 0.15) is 5.76 Å². The van der Waals surface area contributed by atoms with E-state index in [4.69, 9.17) is 4.74 Å². The largest absolute Gasteiger partial charge is 0.494 e. The van der Waals surface area contributed by atoms with Gasteiger partial charge in [0.05, 0.1) is 6.61 Å². The fourth-order valence-corrected chi connectivity index (χ4v) is 2.49. The van der Waals surface area contributed by atoms with Crippen molar-refractivity contribution in [1.82, 2.24) is 4.90 Å². The molecule has 1 rings (SSSR count). The summed E-state index contributed by atoms with van der Waals surface area (Å²) >= 11 is 0. The SMILES string of the molecule is C=C(OCCCN(CCCC)CCCC)c1ccc(NC)cc1. The second-order valence-electron chi connectivity index (χ2n) is 6.00. The minimum atomic E-state index is 0.737. The number of unbranched alkanes of at least 4 members (excludes halogenated alkanes) is 2. The van der Waals surface area contributed by atoms with Gasteiger partial charge in [0, 0.05) is 24.8 Å². The van der Waals surface area contributed by atoms with Gasteiger partial charge in [-0.3, -0.25) is 0 Å². The molecule has 1 aromatic carbocycles. The summed E-state index contributed by atoms with van der Waals surface area (Å²) in [4.78, 5) is 2.57. The second-order valence-corrected chi connectivity index (χ2v) is 6.00. The highest BCUT2D eigenvalue weighted by molar-refractivity contribution is 5.60. The molecule has 23 heavy (non-hydrogen) atoms. The third kappa shape index (κ3) is 8.08. The predicted molar refractivity (Wildman–Crippen MR) is 102 cm³/mol. The molecule has 0 saturated heterocycles. The molecule has 0 saturated carbocycles. The standard InChI is InChI=1S/C20H34N2O/c1-5-7-14-22(15-8-6-2)16-9-17-23-18(3)19-10-12-20(21-4)13-11-19/h10-13,21H,3,5-9,14-17H2,1-2,4H3. The van der Waals surface area contributed by atoms with Crippen molar-refractivity contribution >= 4 is 11.4 Å². The Hall–Kier alpha value is -1.48. The molecule has 0 fully saturated rings. The van der Waals surface area contributed by atoms with Crippen LogP contribution in [0.25, 0.3) is 5.76 Å². The minimum absolute atomic E-state index is 0.737. The van der Waals surface area contributed by atoms with E-state index in [2.05, 4.69) is 30.6 Å². The van der Waals surface area contributed by atoms with Gasteiger partial charge in [-0.05, 0) is 56.6 Å². The lowest BCUT2D eigenvalue weighted by molar-refractivity contribution is 0.215. The number of hydrogen-bond acceptors (Lipinski definition) is 3. The summed E-state index contributed by atoms with van der Waals surface area (Å²) < 4.78 is 5.82. The average Bonchev–Trinajstić information content (AvgIpc) is 2.60. The first kappa shape index (κ1) is 19.6. The van der Waals surface area contributed by atoms with Crippen molar-refractivity contribution < 1.29 is 4.74 Å². The molecule has 0 heterocycles. The van der Waals surface area contributed by atoms with Crippen molar-refractivity contribution in [3.63, 3.8) is 0 Å². The van der Waals surface area contributed by atoms with E-state index < -0.39 is 0 Å². The molecule has 0 aliphatic carbocycles. The lowest BCUT2D eigenvalue weighted by Gasteiger charge is -2.22. The number of hydrogen-bond donors (Lipinski definition) is 1. The van der Waals surface area contributed by atoms with Crippen molar-refractivity contribution in [2.45, 2.75) is 46.0 Å². The lowest BCUT2D eigenvalue weighted by Crippen LogP contribution is -2.27. The van der Waals surface area contributed by atoms with Gasteiger partial charge in [-0.25, -0.2) is 0 Å². The molecule has 0 aliphatic heterocycles. The number of nitrogens with one attached hydrogen (secondary N) is 1. The van der Waals surface area contributed by atoms with Gasteiger partial charge in [-0.2, -0.15) is 0 Å². The molecule has 3 heteroatoms. The smallest absolute Gasteiger partial charge is 0.119 e. The maximum Gasteiger partial charge on any atom is 0.119 e. The maximum absolute atomic E-state index is 5.82. The molecule has 0 spiro atoms.